The van der Waals surface area contributed by atoms with Crippen LogP contribution < -0.4 is 5.32 Å². The number of H-pyrrole nitrogens is 1. The van der Waals surface area contributed by atoms with Crippen LogP contribution in [0.2, 0.25) is 0 Å². The van der Waals surface area contributed by atoms with Gasteiger partial charge in [-0.25, -0.2) is 4.79 Å². The van der Waals surface area contributed by atoms with Gasteiger partial charge in [0.15, 0.2) is 0 Å². The number of fused-ring (bicyclic) bond motifs is 1. The molecule has 0 spiro atoms. The van der Waals surface area contributed by atoms with E-state index in [9.17, 15) is 14.7 Å². The van der Waals surface area contributed by atoms with E-state index in [0.29, 0.717) is 0 Å². The van der Waals surface area contributed by atoms with Crippen LogP contribution in [-0.2, 0) is 16.0 Å². The molecular formula is C21H20N2O3. The molecule has 26 heavy (non-hydrogen) atoms. The van der Waals surface area contributed by atoms with Crippen molar-refractivity contribution in [2.24, 2.45) is 0 Å². The number of aryl methyl sites for hydroxylation is 1. The van der Waals surface area contributed by atoms with Gasteiger partial charge < -0.3 is 15.4 Å². The van der Waals surface area contributed by atoms with E-state index < -0.39 is 17.9 Å². The minimum absolute atomic E-state index is 0.212. The molecule has 0 saturated carbocycles. The Labute approximate surface area is 151 Å². The summed E-state index contributed by atoms with van der Waals surface area (Å²) in [6, 6.07) is 14.4. The number of amides is 1. The van der Waals surface area contributed by atoms with Crippen LogP contribution in [0, 0.1) is 6.92 Å². The van der Waals surface area contributed by atoms with Crippen molar-refractivity contribution in [3.63, 3.8) is 0 Å². The van der Waals surface area contributed by atoms with E-state index in [1.807, 2.05) is 55.5 Å². The lowest BCUT2D eigenvalue weighted by atomic mass is 10.0. The lowest BCUT2D eigenvalue weighted by Crippen LogP contribution is -2.41. The Kier molecular flexibility index (Phi) is 5.17. The molecule has 2 aromatic carbocycles. The Hall–Kier alpha value is -3.34. The summed E-state index contributed by atoms with van der Waals surface area (Å²) in [6.45, 7) is 1.99. The van der Waals surface area contributed by atoms with Gasteiger partial charge in [-0.05, 0) is 30.2 Å². The molecule has 5 heteroatoms. The number of carboxylic acid groups (broad SMARTS) is 1. The van der Waals surface area contributed by atoms with Crippen molar-refractivity contribution in [3.8, 4) is 0 Å². The molecule has 0 radical (unpaired) electrons. The lowest BCUT2D eigenvalue weighted by Gasteiger charge is -2.12. The van der Waals surface area contributed by atoms with Gasteiger partial charge in [0, 0.05) is 29.6 Å². The topological polar surface area (TPSA) is 82.2 Å². The van der Waals surface area contributed by atoms with Gasteiger partial charge in [-0.1, -0.05) is 48.0 Å². The van der Waals surface area contributed by atoms with Gasteiger partial charge in [-0.3, -0.25) is 4.79 Å². The summed E-state index contributed by atoms with van der Waals surface area (Å²) in [4.78, 5) is 26.8. The molecule has 1 amide bonds. The predicted octanol–water partition coefficient (Wildman–Crippen LogP) is 3.30. The lowest BCUT2D eigenvalue weighted by molar-refractivity contribution is -0.141. The average Bonchev–Trinajstić information content (AvgIpc) is 3.04. The van der Waals surface area contributed by atoms with Gasteiger partial charge in [0.05, 0.1) is 0 Å². The van der Waals surface area contributed by atoms with Crippen molar-refractivity contribution >= 4 is 28.9 Å². The van der Waals surface area contributed by atoms with Crippen LogP contribution in [0.25, 0.3) is 17.0 Å². The summed E-state index contributed by atoms with van der Waals surface area (Å²) in [5, 5.41) is 13.0. The number of rotatable bonds is 6. The third kappa shape index (κ3) is 4.19. The van der Waals surface area contributed by atoms with Crippen molar-refractivity contribution in [1.82, 2.24) is 10.3 Å². The first-order valence-corrected chi connectivity index (χ1v) is 8.36. The maximum atomic E-state index is 12.1. The number of carboxylic acids is 1. The molecule has 0 fully saturated rings. The second-order valence-corrected chi connectivity index (χ2v) is 6.21. The Balaban J connectivity index is 1.69. The quantitative estimate of drug-likeness (QED) is 0.598. The Morgan fingerprint density at radius 2 is 1.88 bits per heavy atom. The fraction of sp³-hybridized carbons (Fsp3) is 0.143. The zero-order valence-corrected chi connectivity index (χ0v) is 14.4. The second kappa shape index (κ2) is 7.70. The maximum Gasteiger partial charge on any atom is 0.326 e. The second-order valence-electron chi connectivity index (χ2n) is 6.21. The van der Waals surface area contributed by atoms with E-state index in [4.69, 9.17) is 0 Å². The van der Waals surface area contributed by atoms with Crippen molar-refractivity contribution in [2.45, 2.75) is 19.4 Å². The number of hydrogen-bond acceptors (Lipinski definition) is 2. The number of carbonyl (C=O) groups is 2. The molecule has 0 saturated heterocycles. The molecule has 1 aromatic heterocycles. The van der Waals surface area contributed by atoms with Crippen LogP contribution in [0.5, 0.6) is 0 Å². The zero-order valence-electron chi connectivity index (χ0n) is 14.4. The van der Waals surface area contributed by atoms with Gasteiger partial charge in [0.2, 0.25) is 5.91 Å². The Morgan fingerprint density at radius 3 is 2.62 bits per heavy atom. The van der Waals surface area contributed by atoms with Crippen LogP contribution in [-0.4, -0.2) is 28.0 Å². The van der Waals surface area contributed by atoms with E-state index in [1.54, 1.807) is 12.3 Å². The molecule has 3 N–H and O–H groups in total. The minimum Gasteiger partial charge on any atom is -0.480 e. The van der Waals surface area contributed by atoms with Crippen LogP contribution in [0.4, 0.5) is 0 Å². The van der Waals surface area contributed by atoms with Gasteiger partial charge in [0.1, 0.15) is 6.04 Å². The summed E-state index contributed by atoms with van der Waals surface area (Å²) in [6.07, 6.45) is 5.02. The molecule has 0 aliphatic heterocycles. The number of hydrogen-bond donors (Lipinski definition) is 3. The highest BCUT2D eigenvalue weighted by molar-refractivity contribution is 5.94. The van der Waals surface area contributed by atoms with Crippen molar-refractivity contribution in [3.05, 3.63) is 77.5 Å². The number of benzene rings is 2. The van der Waals surface area contributed by atoms with Gasteiger partial charge in [0.25, 0.3) is 0 Å². The minimum atomic E-state index is -1.06. The molecule has 0 bridgehead atoms. The molecular weight excluding hydrogens is 328 g/mol. The molecule has 132 valence electrons. The third-order valence-electron chi connectivity index (χ3n) is 4.22. The summed E-state index contributed by atoms with van der Waals surface area (Å²) in [7, 11) is 0. The zero-order chi connectivity index (χ0) is 18.5. The Bertz CT molecular complexity index is 955. The molecule has 0 aliphatic rings. The summed E-state index contributed by atoms with van der Waals surface area (Å²) in [5.41, 5.74) is 3.82. The fourth-order valence-electron chi connectivity index (χ4n) is 2.79. The highest BCUT2D eigenvalue weighted by Crippen LogP contribution is 2.19. The van der Waals surface area contributed by atoms with E-state index in [0.717, 1.165) is 27.6 Å². The third-order valence-corrected chi connectivity index (χ3v) is 4.22. The number of para-hydroxylation sites is 1. The average molecular weight is 348 g/mol. The first-order chi connectivity index (χ1) is 12.5. The Morgan fingerprint density at radius 1 is 1.15 bits per heavy atom. The molecule has 5 nitrogen and oxygen atoms in total. The molecule has 3 aromatic rings. The van der Waals surface area contributed by atoms with Gasteiger partial charge in [-0.2, -0.15) is 0 Å². The van der Waals surface area contributed by atoms with Crippen LogP contribution in [0.15, 0.2) is 60.8 Å². The molecule has 3 rings (SSSR count). The summed E-state index contributed by atoms with van der Waals surface area (Å²) < 4.78 is 0. The monoisotopic (exact) mass is 348 g/mol. The van der Waals surface area contributed by atoms with Crippen LogP contribution in [0.3, 0.4) is 0 Å². The van der Waals surface area contributed by atoms with E-state index in [2.05, 4.69) is 10.3 Å². The number of aromatic amines is 1. The number of aromatic nitrogens is 1. The standard InChI is InChI=1S/C21H20N2O3/c1-14-6-8-15(9-7-14)10-11-20(24)23-19(21(25)26)12-16-13-22-18-5-3-2-4-17(16)18/h2-11,13,19,22H,12H2,1H3,(H,23,24)(H,25,26)/b11-10+/t19-/m0/s1. The fourth-order valence-corrected chi connectivity index (χ4v) is 2.79. The molecule has 1 atom stereocenters. The molecule has 1 heterocycles. The largest absolute Gasteiger partial charge is 0.480 e. The summed E-state index contributed by atoms with van der Waals surface area (Å²) >= 11 is 0. The van der Waals surface area contributed by atoms with E-state index in [-0.39, 0.29) is 6.42 Å². The highest BCUT2D eigenvalue weighted by Gasteiger charge is 2.20. The van der Waals surface area contributed by atoms with Crippen molar-refractivity contribution in [2.75, 3.05) is 0 Å². The first kappa shape index (κ1) is 17.5. The normalized spacial score (nSPS) is 12.3. The molecule has 0 aliphatic carbocycles. The molecule has 0 unspecified atom stereocenters. The first-order valence-electron chi connectivity index (χ1n) is 8.36. The van der Waals surface area contributed by atoms with Crippen molar-refractivity contribution in [1.29, 1.82) is 0 Å². The highest BCUT2D eigenvalue weighted by atomic mass is 16.4. The predicted molar refractivity (Wildman–Crippen MR) is 102 cm³/mol. The number of carbonyl (C=O) groups excluding carboxylic acids is 1. The van der Waals surface area contributed by atoms with Crippen LogP contribution >= 0.6 is 0 Å². The van der Waals surface area contributed by atoms with Gasteiger partial charge in [-0.15, -0.1) is 0 Å². The smallest absolute Gasteiger partial charge is 0.326 e. The summed E-state index contributed by atoms with van der Waals surface area (Å²) in [5.74, 6) is -1.50. The maximum absolute atomic E-state index is 12.1. The SMILES string of the molecule is Cc1ccc(/C=C/C(=O)N[C@@H](Cc2c[nH]c3ccccc23)C(=O)O)cc1. The van der Waals surface area contributed by atoms with Crippen LogP contribution in [0.1, 0.15) is 16.7 Å². The van der Waals surface area contributed by atoms with E-state index in [1.165, 1.54) is 6.08 Å². The number of nitrogens with one attached hydrogen (secondary N) is 2. The van der Waals surface area contributed by atoms with Gasteiger partial charge >= 0.3 is 5.97 Å². The van der Waals surface area contributed by atoms with Crippen molar-refractivity contribution < 1.29 is 14.7 Å². The van der Waals surface area contributed by atoms with E-state index >= 15 is 0 Å². The number of aliphatic carboxylic acids is 1.